The highest BCUT2D eigenvalue weighted by Crippen LogP contribution is 2.27. The summed E-state index contributed by atoms with van der Waals surface area (Å²) < 4.78 is 1.91. The van der Waals surface area contributed by atoms with E-state index in [4.69, 9.17) is 0 Å². The van der Waals surface area contributed by atoms with Crippen molar-refractivity contribution >= 4 is 17.5 Å². The summed E-state index contributed by atoms with van der Waals surface area (Å²) in [6.45, 7) is 4.28. The number of anilines is 1. The van der Waals surface area contributed by atoms with Crippen LogP contribution in [0.15, 0.2) is 54.6 Å². The first-order valence-electron chi connectivity index (χ1n) is 10.9. The lowest BCUT2D eigenvalue weighted by Crippen LogP contribution is -2.24. The topological polar surface area (TPSA) is 76.0 Å². The molecule has 2 aromatic carbocycles. The summed E-state index contributed by atoms with van der Waals surface area (Å²) in [4.78, 5) is 25.1. The Morgan fingerprint density at radius 1 is 1.10 bits per heavy atom. The number of aromatic nitrogens is 2. The second-order valence-corrected chi connectivity index (χ2v) is 8.06. The van der Waals surface area contributed by atoms with E-state index in [2.05, 4.69) is 15.7 Å². The third-order valence-corrected chi connectivity index (χ3v) is 5.85. The Bertz CT molecular complexity index is 1090. The molecule has 2 amide bonds. The number of carbonyl (C=O) groups excluding carboxylic acids is 2. The van der Waals surface area contributed by atoms with Crippen molar-refractivity contribution in [2.45, 2.75) is 46.1 Å². The van der Waals surface area contributed by atoms with E-state index in [1.807, 2.05) is 73.1 Å². The first kappa shape index (κ1) is 20.8. The molecule has 0 aliphatic heterocycles. The number of rotatable bonds is 7. The first-order chi connectivity index (χ1) is 15.1. The molecule has 31 heavy (non-hydrogen) atoms. The normalized spacial score (nSPS) is 13.5. The molecule has 0 radical (unpaired) electrons. The van der Waals surface area contributed by atoms with E-state index < -0.39 is 0 Å². The maximum absolute atomic E-state index is 13.0. The molecule has 1 unspecified atom stereocenters. The van der Waals surface area contributed by atoms with Gasteiger partial charge in [-0.05, 0) is 55.5 Å². The van der Waals surface area contributed by atoms with E-state index in [0.29, 0.717) is 12.2 Å². The molecule has 4 rings (SSSR count). The number of nitrogens with zero attached hydrogens (tertiary/aromatic N) is 2. The van der Waals surface area contributed by atoms with Gasteiger partial charge in [0.2, 0.25) is 5.91 Å². The number of hydrogen-bond donors (Lipinski definition) is 2. The van der Waals surface area contributed by atoms with Crippen LogP contribution in [0.2, 0.25) is 0 Å². The van der Waals surface area contributed by atoms with Crippen molar-refractivity contribution in [2.24, 2.45) is 5.92 Å². The third-order valence-electron chi connectivity index (χ3n) is 5.85. The van der Waals surface area contributed by atoms with E-state index in [1.54, 1.807) is 0 Å². The molecule has 2 N–H and O–H groups in total. The number of benzene rings is 2. The van der Waals surface area contributed by atoms with Gasteiger partial charge in [-0.15, -0.1) is 0 Å². The average Bonchev–Trinajstić information content (AvgIpc) is 3.40. The molecular formula is C25H28N4O2. The zero-order valence-electron chi connectivity index (χ0n) is 18.0. The van der Waals surface area contributed by atoms with Gasteiger partial charge < -0.3 is 10.6 Å². The van der Waals surface area contributed by atoms with Crippen LogP contribution in [0.25, 0.3) is 5.69 Å². The lowest BCUT2D eigenvalue weighted by Gasteiger charge is -2.11. The fourth-order valence-corrected chi connectivity index (χ4v) is 3.88. The molecule has 3 aromatic rings. The SMILES string of the molecule is CCC(C)C(=O)Nc1cccc(CNC(=O)c2nn(-c3ccccc3)c3c2CCC3)c1. The van der Waals surface area contributed by atoms with Gasteiger partial charge in [-0.25, -0.2) is 4.68 Å². The minimum Gasteiger partial charge on any atom is -0.347 e. The van der Waals surface area contributed by atoms with Crippen molar-refractivity contribution in [1.29, 1.82) is 0 Å². The van der Waals surface area contributed by atoms with Crippen molar-refractivity contribution in [3.63, 3.8) is 0 Å². The highest BCUT2D eigenvalue weighted by atomic mass is 16.2. The lowest BCUT2D eigenvalue weighted by molar-refractivity contribution is -0.119. The van der Waals surface area contributed by atoms with Crippen molar-refractivity contribution in [2.75, 3.05) is 5.32 Å². The minimum atomic E-state index is -0.165. The summed E-state index contributed by atoms with van der Waals surface area (Å²) in [7, 11) is 0. The van der Waals surface area contributed by atoms with Crippen LogP contribution in [0.1, 0.15) is 54.0 Å². The van der Waals surface area contributed by atoms with Crippen LogP contribution < -0.4 is 10.6 Å². The fraction of sp³-hybridized carbons (Fsp3) is 0.320. The smallest absolute Gasteiger partial charge is 0.272 e. The monoisotopic (exact) mass is 416 g/mol. The quantitative estimate of drug-likeness (QED) is 0.604. The zero-order chi connectivity index (χ0) is 21.8. The van der Waals surface area contributed by atoms with Crippen LogP contribution in [0.5, 0.6) is 0 Å². The number of para-hydroxylation sites is 1. The van der Waals surface area contributed by atoms with Gasteiger partial charge in [0, 0.05) is 29.4 Å². The van der Waals surface area contributed by atoms with Crippen molar-refractivity contribution in [3.05, 3.63) is 77.1 Å². The fourth-order valence-electron chi connectivity index (χ4n) is 3.88. The summed E-state index contributed by atoms with van der Waals surface area (Å²) in [5.41, 5.74) is 5.34. The van der Waals surface area contributed by atoms with Gasteiger partial charge in [0.15, 0.2) is 5.69 Å². The van der Waals surface area contributed by atoms with Gasteiger partial charge in [0.1, 0.15) is 0 Å². The standard InChI is InChI=1S/C25H28N4O2/c1-3-17(2)24(30)27-19-10-7-9-18(15-19)16-26-25(31)23-21-13-8-14-22(21)29(28-23)20-11-5-4-6-12-20/h4-7,9-12,15,17H,3,8,13-14,16H2,1-2H3,(H,26,31)(H,27,30). The first-order valence-corrected chi connectivity index (χ1v) is 10.9. The molecule has 1 aliphatic carbocycles. The maximum Gasteiger partial charge on any atom is 0.272 e. The third kappa shape index (κ3) is 4.53. The molecule has 0 bridgehead atoms. The second kappa shape index (κ2) is 9.16. The highest BCUT2D eigenvalue weighted by molar-refractivity contribution is 5.94. The van der Waals surface area contributed by atoms with Crippen LogP contribution in [0, 0.1) is 5.92 Å². The largest absolute Gasteiger partial charge is 0.347 e. The number of fused-ring (bicyclic) bond motifs is 1. The maximum atomic E-state index is 13.0. The summed E-state index contributed by atoms with van der Waals surface area (Å²) >= 11 is 0. The summed E-state index contributed by atoms with van der Waals surface area (Å²) in [5, 5.41) is 10.6. The number of nitrogens with one attached hydrogen (secondary N) is 2. The molecule has 0 saturated carbocycles. The average molecular weight is 417 g/mol. The van der Waals surface area contributed by atoms with Crippen molar-refractivity contribution < 1.29 is 9.59 Å². The Hall–Kier alpha value is -3.41. The molecule has 0 spiro atoms. The van der Waals surface area contributed by atoms with Crippen LogP contribution >= 0.6 is 0 Å². The Labute approximate surface area is 182 Å². The number of carbonyl (C=O) groups is 2. The van der Waals surface area contributed by atoms with Crippen molar-refractivity contribution in [1.82, 2.24) is 15.1 Å². The zero-order valence-corrected chi connectivity index (χ0v) is 18.0. The van der Waals surface area contributed by atoms with Gasteiger partial charge in [-0.1, -0.05) is 44.2 Å². The van der Waals surface area contributed by atoms with Crippen molar-refractivity contribution in [3.8, 4) is 5.69 Å². The Morgan fingerprint density at radius 3 is 2.68 bits per heavy atom. The van der Waals surface area contributed by atoms with E-state index in [-0.39, 0.29) is 17.7 Å². The summed E-state index contributed by atoms with van der Waals surface area (Å²) in [6.07, 6.45) is 3.64. The van der Waals surface area contributed by atoms with E-state index in [9.17, 15) is 9.59 Å². The number of hydrogen-bond acceptors (Lipinski definition) is 3. The van der Waals surface area contributed by atoms with Crippen LogP contribution in [0.4, 0.5) is 5.69 Å². The van der Waals surface area contributed by atoms with Crippen LogP contribution in [0.3, 0.4) is 0 Å². The van der Waals surface area contributed by atoms with E-state index >= 15 is 0 Å². The predicted octanol–water partition coefficient (Wildman–Crippen LogP) is 4.28. The Kier molecular flexibility index (Phi) is 6.16. The van der Waals surface area contributed by atoms with Crippen LogP contribution in [-0.2, 0) is 24.2 Å². The van der Waals surface area contributed by atoms with E-state index in [1.165, 1.54) is 0 Å². The molecule has 1 aromatic heterocycles. The van der Waals surface area contributed by atoms with Crippen LogP contribution in [-0.4, -0.2) is 21.6 Å². The predicted molar refractivity (Wildman–Crippen MR) is 121 cm³/mol. The molecule has 1 atom stereocenters. The van der Waals surface area contributed by atoms with Gasteiger partial charge in [0.25, 0.3) is 5.91 Å². The van der Waals surface area contributed by atoms with E-state index in [0.717, 1.165) is 53.9 Å². The Morgan fingerprint density at radius 2 is 1.90 bits per heavy atom. The highest BCUT2D eigenvalue weighted by Gasteiger charge is 2.26. The summed E-state index contributed by atoms with van der Waals surface area (Å²) in [6, 6.07) is 17.5. The molecular weight excluding hydrogens is 388 g/mol. The summed E-state index contributed by atoms with van der Waals surface area (Å²) in [5.74, 6) is -0.197. The van der Waals surface area contributed by atoms with Gasteiger partial charge in [-0.2, -0.15) is 5.10 Å². The number of amides is 2. The van der Waals surface area contributed by atoms with Gasteiger partial charge in [-0.3, -0.25) is 9.59 Å². The Balaban J connectivity index is 1.47. The molecule has 1 heterocycles. The van der Waals surface area contributed by atoms with Gasteiger partial charge in [0.05, 0.1) is 5.69 Å². The second-order valence-electron chi connectivity index (χ2n) is 8.06. The minimum absolute atomic E-state index is 0.00528. The molecule has 1 aliphatic rings. The van der Waals surface area contributed by atoms with Gasteiger partial charge >= 0.3 is 0 Å². The molecule has 0 saturated heterocycles. The lowest BCUT2D eigenvalue weighted by atomic mass is 10.1. The molecule has 6 nitrogen and oxygen atoms in total. The molecule has 6 heteroatoms. The molecule has 160 valence electrons. The molecule has 0 fully saturated rings.